The molecule has 0 bridgehead atoms. The van der Waals surface area contributed by atoms with E-state index in [4.69, 9.17) is 5.73 Å². The average molecular weight is 291 g/mol. The van der Waals surface area contributed by atoms with E-state index in [0.29, 0.717) is 16.8 Å². The second-order valence-electron chi connectivity index (χ2n) is 4.81. The van der Waals surface area contributed by atoms with Gasteiger partial charge in [-0.05, 0) is 48.5 Å². The van der Waals surface area contributed by atoms with Crippen molar-refractivity contribution in [3.05, 3.63) is 71.9 Å². The molecule has 3 N–H and O–H groups in total. The Morgan fingerprint density at radius 1 is 0.955 bits per heavy atom. The van der Waals surface area contributed by atoms with Crippen LogP contribution in [-0.4, -0.2) is 16.8 Å². The lowest BCUT2D eigenvalue weighted by Crippen LogP contribution is -2.14. The van der Waals surface area contributed by atoms with Crippen LogP contribution in [0, 0.1) is 0 Å². The summed E-state index contributed by atoms with van der Waals surface area (Å²) in [5, 5.41) is 3.76. The Kier molecular flexibility index (Phi) is 3.53. The molecule has 0 fully saturated rings. The third-order valence-corrected chi connectivity index (χ3v) is 3.29. The molecule has 0 unspecified atom stereocenters. The molecule has 0 aliphatic carbocycles. The molecule has 0 aliphatic rings. The first-order chi connectivity index (χ1) is 10.6. The highest BCUT2D eigenvalue weighted by atomic mass is 16.2. The van der Waals surface area contributed by atoms with E-state index in [1.165, 1.54) is 12.1 Å². The molecule has 0 saturated carbocycles. The van der Waals surface area contributed by atoms with Gasteiger partial charge in [0.1, 0.15) is 0 Å². The Balaban J connectivity index is 1.81. The van der Waals surface area contributed by atoms with Crippen molar-refractivity contribution >= 4 is 28.4 Å². The minimum Gasteiger partial charge on any atom is -0.366 e. The van der Waals surface area contributed by atoms with Crippen LogP contribution in [0.3, 0.4) is 0 Å². The van der Waals surface area contributed by atoms with Gasteiger partial charge >= 0.3 is 0 Å². The summed E-state index contributed by atoms with van der Waals surface area (Å²) in [4.78, 5) is 27.4. The summed E-state index contributed by atoms with van der Waals surface area (Å²) in [5.74, 6) is -0.770. The van der Waals surface area contributed by atoms with Crippen molar-refractivity contribution in [1.29, 1.82) is 0 Å². The first-order valence-electron chi connectivity index (χ1n) is 6.69. The first kappa shape index (κ1) is 13.8. The van der Waals surface area contributed by atoms with E-state index in [-0.39, 0.29) is 5.91 Å². The second-order valence-corrected chi connectivity index (χ2v) is 4.81. The van der Waals surface area contributed by atoms with Gasteiger partial charge in [-0.15, -0.1) is 0 Å². The molecule has 0 spiro atoms. The first-order valence-corrected chi connectivity index (χ1v) is 6.69. The Hall–Kier alpha value is -3.21. The van der Waals surface area contributed by atoms with Crippen LogP contribution in [-0.2, 0) is 0 Å². The highest BCUT2D eigenvalue weighted by Crippen LogP contribution is 2.17. The maximum atomic E-state index is 12.2. The van der Waals surface area contributed by atoms with Crippen molar-refractivity contribution in [3.8, 4) is 0 Å². The van der Waals surface area contributed by atoms with E-state index in [2.05, 4.69) is 10.3 Å². The molecule has 3 rings (SSSR count). The summed E-state index contributed by atoms with van der Waals surface area (Å²) in [6.45, 7) is 0. The van der Waals surface area contributed by atoms with Crippen molar-refractivity contribution in [2.45, 2.75) is 0 Å². The zero-order chi connectivity index (χ0) is 15.5. The van der Waals surface area contributed by atoms with Gasteiger partial charge in [0.2, 0.25) is 5.91 Å². The van der Waals surface area contributed by atoms with Crippen LogP contribution < -0.4 is 11.1 Å². The van der Waals surface area contributed by atoms with E-state index in [1.807, 2.05) is 24.3 Å². The lowest BCUT2D eigenvalue weighted by Gasteiger charge is -2.07. The number of fused-ring (bicyclic) bond motifs is 1. The number of carbonyl (C=O) groups is 2. The summed E-state index contributed by atoms with van der Waals surface area (Å²) in [5.41, 5.74) is 7.55. The maximum Gasteiger partial charge on any atom is 0.255 e. The fraction of sp³-hybridized carbons (Fsp3) is 0. The number of anilines is 1. The zero-order valence-corrected chi connectivity index (χ0v) is 11.6. The normalized spacial score (nSPS) is 10.4. The van der Waals surface area contributed by atoms with Gasteiger partial charge in [-0.3, -0.25) is 14.6 Å². The highest BCUT2D eigenvalue weighted by Gasteiger charge is 2.08. The standard InChI is InChI=1S/C17H13N3O2/c18-16(21)11-3-5-12(6-4-11)17(22)20-14-7-8-15-13(10-14)2-1-9-19-15/h1-10H,(H2,18,21)(H,20,22). The van der Waals surface area contributed by atoms with E-state index < -0.39 is 5.91 Å². The van der Waals surface area contributed by atoms with Crippen LogP contribution in [0.1, 0.15) is 20.7 Å². The van der Waals surface area contributed by atoms with E-state index in [0.717, 1.165) is 10.9 Å². The predicted octanol–water partition coefficient (Wildman–Crippen LogP) is 2.59. The number of rotatable bonds is 3. The zero-order valence-electron chi connectivity index (χ0n) is 11.6. The molecule has 5 nitrogen and oxygen atoms in total. The number of aromatic nitrogens is 1. The summed E-state index contributed by atoms with van der Waals surface area (Å²) < 4.78 is 0. The number of benzene rings is 2. The minimum absolute atomic E-state index is 0.251. The predicted molar refractivity (Wildman–Crippen MR) is 84.7 cm³/mol. The van der Waals surface area contributed by atoms with Gasteiger partial charge in [0, 0.05) is 28.4 Å². The number of nitrogens with zero attached hydrogens (tertiary/aromatic N) is 1. The number of amides is 2. The molecule has 2 amide bonds. The molecular weight excluding hydrogens is 278 g/mol. The monoisotopic (exact) mass is 291 g/mol. The van der Waals surface area contributed by atoms with Crippen LogP contribution >= 0.6 is 0 Å². The Bertz CT molecular complexity index is 857. The van der Waals surface area contributed by atoms with Crippen LogP contribution in [0.25, 0.3) is 10.9 Å². The number of nitrogens with one attached hydrogen (secondary N) is 1. The molecule has 0 saturated heterocycles. The van der Waals surface area contributed by atoms with Crippen LogP contribution in [0.2, 0.25) is 0 Å². The molecule has 0 radical (unpaired) electrons. The van der Waals surface area contributed by atoms with Gasteiger partial charge in [-0.2, -0.15) is 0 Å². The topological polar surface area (TPSA) is 85.1 Å². The largest absolute Gasteiger partial charge is 0.366 e. The van der Waals surface area contributed by atoms with E-state index >= 15 is 0 Å². The fourth-order valence-electron chi connectivity index (χ4n) is 2.14. The van der Waals surface area contributed by atoms with Gasteiger partial charge in [0.15, 0.2) is 0 Å². The third kappa shape index (κ3) is 2.78. The lowest BCUT2D eigenvalue weighted by atomic mass is 10.1. The quantitative estimate of drug-likeness (QED) is 0.777. The lowest BCUT2D eigenvalue weighted by molar-refractivity contribution is 0.0995. The average Bonchev–Trinajstić information content (AvgIpc) is 2.55. The fourth-order valence-corrected chi connectivity index (χ4v) is 2.14. The molecule has 5 heteroatoms. The number of hydrogen-bond acceptors (Lipinski definition) is 3. The summed E-state index contributed by atoms with van der Waals surface area (Å²) >= 11 is 0. The van der Waals surface area contributed by atoms with Gasteiger partial charge < -0.3 is 11.1 Å². The van der Waals surface area contributed by atoms with Crippen LogP contribution in [0.5, 0.6) is 0 Å². The van der Waals surface area contributed by atoms with Crippen LogP contribution in [0.15, 0.2) is 60.8 Å². The number of primary amides is 1. The summed E-state index contributed by atoms with van der Waals surface area (Å²) in [6.07, 6.45) is 1.72. The second kappa shape index (κ2) is 5.65. The molecule has 1 aromatic heterocycles. The van der Waals surface area contributed by atoms with Crippen LogP contribution in [0.4, 0.5) is 5.69 Å². The highest BCUT2D eigenvalue weighted by molar-refractivity contribution is 6.05. The van der Waals surface area contributed by atoms with Crippen molar-refractivity contribution in [3.63, 3.8) is 0 Å². The van der Waals surface area contributed by atoms with Gasteiger partial charge in [0.25, 0.3) is 5.91 Å². The van der Waals surface area contributed by atoms with Gasteiger partial charge in [-0.1, -0.05) is 6.07 Å². The van der Waals surface area contributed by atoms with Crippen molar-refractivity contribution in [2.24, 2.45) is 5.73 Å². The molecule has 2 aromatic carbocycles. The summed E-state index contributed by atoms with van der Waals surface area (Å²) in [6, 6.07) is 15.5. The number of hydrogen-bond donors (Lipinski definition) is 2. The van der Waals surface area contributed by atoms with Crippen molar-refractivity contribution < 1.29 is 9.59 Å². The van der Waals surface area contributed by atoms with E-state index in [9.17, 15) is 9.59 Å². The smallest absolute Gasteiger partial charge is 0.255 e. The summed E-state index contributed by atoms with van der Waals surface area (Å²) in [7, 11) is 0. The molecule has 22 heavy (non-hydrogen) atoms. The molecule has 0 aliphatic heterocycles. The molecule has 1 heterocycles. The number of nitrogens with two attached hydrogens (primary N) is 1. The van der Waals surface area contributed by atoms with Gasteiger partial charge in [0.05, 0.1) is 5.52 Å². The Labute approximate surface area is 126 Å². The minimum atomic E-state index is -0.519. The molecule has 108 valence electrons. The van der Waals surface area contributed by atoms with Crippen molar-refractivity contribution in [2.75, 3.05) is 5.32 Å². The SMILES string of the molecule is NC(=O)c1ccc(C(=O)Nc2ccc3ncccc3c2)cc1. The van der Waals surface area contributed by atoms with E-state index in [1.54, 1.807) is 24.4 Å². The number of carbonyl (C=O) groups excluding carboxylic acids is 2. The molecular formula is C17H13N3O2. The maximum absolute atomic E-state index is 12.2. The molecule has 0 atom stereocenters. The third-order valence-electron chi connectivity index (χ3n) is 3.29. The van der Waals surface area contributed by atoms with Crippen molar-refractivity contribution in [1.82, 2.24) is 4.98 Å². The Morgan fingerprint density at radius 2 is 1.68 bits per heavy atom. The van der Waals surface area contributed by atoms with Gasteiger partial charge in [-0.25, -0.2) is 0 Å². The number of pyridine rings is 1. The Morgan fingerprint density at radius 3 is 2.41 bits per heavy atom. The molecule has 3 aromatic rings.